The third kappa shape index (κ3) is 2.34. The summed E-state index contributed by atoms with van der Waals surface area (Å²) in [5, 5.41) is 3.61. The monoisotopic (exact) mass is 307 g/mol. The van der Waals surface area contributed by atoms with Gasteiger partial charge in [0.25, 0.3) is 5.91 Å². The molecule has 23 heavy (non-hydrogen) atoms. The third-order valence-electron chi connectivity index (χ3n) is 3.85. The van der Waals surface area contributed by atoms with E-state index in [0.717, 1.165) is 10.9 Å². The number of aromatic nitrogens is 2. The van der Waals surface area contributed by atoms with E-state index in [9.17, 15) is 9.59 Å². The molecule has 4 rings (SSSR count). The molecule has 0 radical (unpaired) electrons. The van der Waals surface area contributed by atoms with E-state index in [-0.39, 0.29) is 18.3 Å². The number of nitrogens with one attached hydrogen (secondary N) is 2. The van der Waals surface area contributed by atoms with Crippen molar-refractivity contribution in [1.82, 2.24) is 15.3 Å². The van der Waals surface area contributed by atoms with Crippen molar-refractivity contribution in [2.45, 2.75) is 6.04 Å². The number of rotatable bonds is 2. The average Bonchev–Trinajstić information content (AvgIpc) is 3.02. The fourth-order valence-electron chi connectivity index (χ4n) is 2.67. The molecule has 2 aromatic heterocycles. The lowest BCUT2D eigenvalue weighted by molar-refractivity contribution is 0.0793. The van der Waals surface area contributed by atoms with Crippen molar-refractivity contribution < 1.29 is 14.3 Å². The number of benzene rings is 1. The number of hydrogen-bond donors (Lipinski definition) is 2. The lowest BCUT2D eigenvalue weighted by Crippen LogP contribution is -2.47. The van der Waals surface area contributed by atoms with Crippen molar-refractivity contribution in [3.8, 4) is 5.75 Å². The van der Waals surface area contributed by atoms with Gasteiger partial charge < -0.3 is 15.0 Å². The van der Waals surface area contributed by atoms with Crippen molar-refractivity contribution in [2.24, 2.45) is 0 Å². The van der Waals surface area contributed by atoms with Crippen LogP contribution < -0.4 is 10.1 Å². The summed E-state index contributed by atoms with van der Waals surface area (Å²) in [6, 6.07) is 9.88. The lowest BCUT2D eigenvalue weighted by Gasteiger charge is -2.24. The second kappa shape index (κ2) is 5.24. The highest BCUT2D eigenvalue weighted by Crippen LogP contribution is 2.24. The zero-order chi connectivity index (χ0) is 15.8. The summed E-state index contributed by atoms with van der Waals surface area (Å²) < 4.78 is 5.55. The van der Waals surface area contributed by atoms with Gasteiger partial charge in [-0.3, -0.25) is 14.6 Å². The number of carbonyl (C=O) groups excluding carboxylic acids is 2. The second-order valence-corrected chi connectivity index (χ2v) is 5.34. The Labute approximate surface area is 131 Å². The maximum Gasteiger partial charge on any atom is 0.268 e. The Kier molecular flexibility index (Phi) is 3.08. The number of nitrogens with zero attached hydrogens (tertiary/aromatic N) is 1. The normalized spacial score (nSPS) is 16.7. The van der Waals surface area contributed by atoms with Crippen LogP contribution in [0.15, 0.2) is 48.8 Å². The van der Waals surface area contributed by atoms with Crippen molar-refractivity contribution in [3.05, 3.63) is 60.0 Å². The second-order valence-electron chi connectivity index (χ2n) is 5.34. The van der Waals surface area contributed by atoms with E-state index in [1.165, 1.54) is 0 Å². The zero-order valence-corrected chi connectivity index (χ0v) is 12.1. The van der Waals surface area contributed by atoms with Gasteiger partial charge in [0.2, 0.25) is 0 Å². The van der Waals surface area contributed by atoms with E-state index in [1.54, 1.807) is 36.7 Å². The summed E-state index contributed by atoms with van der Waals surface area (Å²) in [6.45, 7) is 0.128. The van der Waals surface area contributed by atoms with Crippen molar-refractivity contribution in [3.63, 3.8) is 0 Å². The Hall–Kier alpha value is -3.15. The van der Waals surface area contributed by atoms with Gasteiger partial charge >= 0.3 is 0 Å². The molecule has 1 atom stereocenters. The Bertz CT molecular complexity index is 883. The highest BCUT2D eigenvalue weighted by atomic mass is 16.5. The summed E-state index contributed by atoms with van der Waals surface area (Å²) in [6.07, 6.45) is 3.31. The molecule has 0 aliphatic carbocycles. The van der Waals surface area contributed by atoms with Gasteiger partial charge in [-0.1, -0.05) is 12.1 Å². The average molecular weight is 307 g/mol. The highest BCUT2D eigenvalue weighted by Gasteiger charge is 2.30. The van der Waals surface area contributed by atoms with Gasteiger partial charge in [0.1, 0.15) is 24.1 Å². The smallest absolute Gasteiger partial charge is 0.268 e. The molecule has 0 bridgehead atoms. The minimum Gasteiger partial charge on any atom is -0.490 e. The SMILES string of the molecule is O=C(NC1COc2ccccc2C1=O)c1cc2ccncc2[nH]1. The minimum absolute atomic E-state index is 0.128. The number of para-hydroxylation sites is 1. The zero-order valence-electron chi connectivity index (χ0n) is 12.1. The van der Waals surface area contributed by atoms with Crippen LogP contribution in [-0.2, 0) is 0 Å². The molecule has 1 aliphatic heterocycles. The first kappa shape index (κ1) is 13.5. The van der Waals surface area contributed by atoms with Gasteiger partial charge in [-0.15, -0.1) is 0 Å². The molecule has 3 aromatic rings. The molecule has 6 heteroatoms. The molecule has 0 saturated heterocycles. The number of pyridine rings is 1. The predicted molar refractivity (Wildman–Crippen MR) is 83.6 cm³/mol. The topological polar surface area (TPSA) is 84.1 Å². The van der Waals surface area contributed by atoms with E-state index in [4.69, 9.17) is 4.74 Å². The summed E-state index contributed by atoms with van der Waals surface area (Å²) >= 11 is 0. The van der Waals surface area contributed by atoms with Crippen molar-refractivity contribution in [2.75, 3.05) is 6.61 Å². The predicted octanol–water partition coefficient (Wildman–Crippen LogP) is 1.94. The number of aromatic amines is 1. The number of ketones is 1. The van der Waals surface area contributed by atoms with Crippen LogP contribution in [0.25, 0.3) is 10.9 Å². The Balaban J connectivity index is 1.56. The molecule has 6 nitrogen and oxygen atoms in total. The lowest BCUT2D eigenvalue weighted by atomic mass is 10.0. The van der Waals surface area contributed by atoms with Crippen LogP contribution in [0.1, 0.15) is 20.8 Å². The molecule has 0 saturated carbocycles. The fraction of sp³-hybridized carbons (Fsp3) is 0.118. The molecule has 0 fully saturated rings. The molecule has 1 aromatic carbocycles. The quantitative estimate of drug-likeness (QED) is 0.758. The first-order chi connectivity index (χ1) is 11.2. The maximum atomic E-state index is 12.4. The van der Waals surface area contributed by atoms with Crippen LogP contribution in [0, 0.1) is 0 Å². The van der Waals surface area contributed by atoms with Crippen LogP contribution in [0.4, 0.5) is 0 Å². The van der Waals surface area contributed by atoms with E-state index < -0.39 is 6.04 Å². The van der Waals surface area contributed by atoms with Gasteiger partial charge in [0.15, 0.2) is 5.78 Å². The molecule has 1 aliphatic rings. The van der Waals surface area contributed by atoms with Crippen LogP contribution >= 0.6 is 0 Å². The van der Waals surface area contributed by atoms with Gasteiger partial charge in [-0.2, -0.15) is 0 Å². The molecule has 114 valence electrons. The molecule has 3 heterocycles. The third-order valence-corrected chi connectivity index (χ3v) is 3.85. The van der Waals surface area contributed by atoms with E-state index in [0.29, 0.717) is 17.0 Å². The molecule has 0 spiro atoms. The number of H-pyrrole nitrogens is 1. The van der Waals surface area contributed by atoms with Crippen LogP contribution in [0.2, 0.25) is 0 Å². The van der Waals surface area contributed by atoms with Gasteiger partial charge in [0.05, 0.1) is 17.3 Å². The largest absolute Gasteiger partial charge is 0.490 e. The van der Waals surface area contributed by atoms with E-state index >= 15 is 0 Å². The minimum atomic E-state index is -0.693. The number of carbonyl (C=O) groups is 2. The first-order valence-corrected chi connectivity index (χ1v) is 7.22. The van der Waals surface area contributed by atoms with Crippen molar-refractivity contribution >= 4 is 22.6 Å². The van der Waals surface area contributed by atoms with Crippen LogP contribution in [0.3, 0.4) is 0 Å². The molecule has 1 unspecified atom stereocenters. The molecule has 1 amide bonds. The number of fused-ring (bicyclic) bond motifs is 2. The maximum absolute atomic E-state index is 12.4. The van der Waals surface area contributed by atoms with Gasteiger partial charge in [-0.25, -0.2) is 0 Å². The number of Topliss-reactive ketones (excluding diaryl/α,β-unsaturated/α-hetero) is 1. The Morgan fingerprint density at radius 1 is 1.30 bits per heavy atom. The van der Waals surface area contributed by atoms with E-state index in [1.807, 2.05) is 12.1 Å². The molecule has 2 N–H and O–H groups in total. The molecular formula is C17H13N3O3. The Morgan fingerprint density at radius 2 is 2.17 bits per heavy atom. The highest BCUT2D eigenvalue weighted by molar-refractivity contribution is 6.07. The fourth-order valence-corrected chi connectivity index (χ4v) is 2.67. The summed E-state index contributed by atoms with van der Waals surface area (Å²) in [5.41, 5.74) is 1.65. The first-order valence-electron chi connectivity index (χ1n) is 7.22. The van der Waals surface area contributed by atoms with Crippen LogP contribution in [-0.4, -0.2) is 34.3 Å². The Morgan fingerprint density at radius 3 is 3.04 bits per heavy atom. The number of amides is 1. The standard InChI is InChI=1S/C17H13N3O3/c21-16-11-3-1-2-4-15(11)23-9-14(16)20-17(22)12-7-10-5-6-18-8-13(10)19-12/h1-8,14,19H,9H2,(H,20,22). The van der Waals surface area contributed by atoms with E-state index in [2.05, 4.69) is 15.3 Å². The summed E-state index contributed by atoms with van der Waals surface area (Å²) in [7, 11) is 0. The van der Waals surface area contributed by atoms with Crippen LogP contribution in [0.5, 0.6) is 5.75 Å². The van der Waals surface area contributed by atoms with Crippen molar-refractivity contribution in [1.29, 1.82) is 0 Å². The molecular weight excluding hydrogens is 294 g/mol. The number of hydrogen-bond acceptors (Lipinski definition) is 4. The van der Waals surface area contributed by atoms with Gasteiger partial charge in [0, 0.05) is 11.6 Å². The van der Waals surface area contributed by atoms with Gasteiger partial charge in [-0.05, 0) is 24.3 Å². The summed E-state index contributed by atoms with van der Waals surface area (Å²) in [5.74, 6) is 0.0696. The summed E-state index contributed by atoms with van der Waals surface area (Å²) in [4.78, 5) is 31.8. The number of ether oxygens (including phenoxy) is 1.